The van der Waals surface area contributed by atoms with E-state index in [1.165, 1.54) is 10.6 Å². The number of piperazine rings is 1. The molecule has 1 amide bonds. The number of rotatable bonds is 8. The van der Waals surface area contributed by atoms with Gasteiger partial charge in [-0.2, -0.15) is 14.6 Å². The number of nitrogens with zero attached hydrogens (tertiary/aromatic N) is 6. The summed E-state index contributed by atoms with van der Waals surface area (Å²) < 4.78 is 29.9. The lowest BCUT2D eigenvalue weighted by atomic mass is 10.1. The van der Waals surface area contributed by atoms with Crippen LogP contribution in [0.2, 0.25) is 0 Å². The highest BCUT2D eigenvalue weighted by molar-refractivity contribution is 7.17. The first-order chi connectivity index (χ1) is 21.4. The van der Waals surface area contributed by atoms with Gasteiger partial charge in [0.2, 0.25) is 5.95 Å². The predicted octanol–water partition coefficient (Wildman–Crippen LogP) is 1.63. The molecule has 0 spiro atoms. The SMILES string of the molecule is Nc1nc2c(sc(=O)n2CCN2CCN(c3ccc(C(=O)NCC4COCCN4)cc3F)CC2)c2cc(-c3ccco3)nn12. The number of hydrogen-bond donors (Lipinski definition) is 3. The van der Waals surface area contributed by atoms with Crippen molar-refractivity contribution in [2.45, 2.75) is 12.6 Å². The van der Waals surface area contributed by atoms with Crippen LogP contribution in [0.25, 0.3) is 27.3 Å². The number of benzene rings is 1. The number of ether oxygens (including phenoxy) is 1. The third kappa shape index (κ3) is 5.54. The van der Waals surface area contributed by atoms with Crippen LogP contribution in [0.1, 0.15) is 10.4 Å². The molecule has 1 aromatic carbocycles. The number of nitrogens with two attached hydrogens (primary N) is 1. The van der Waals surface area contributed by atoms with Gasteiger partial charge >= 0.3 is 4.87 Å². The quantitative estimate of drug-likeness (QED) is 0.234. The maximum Gasteiger partial charge on any atom is 0.309 e. The van der Waals surface area contributed by atoms with E-state index in [9.17, 15) is 9.59 Å². The molecule has 2 saturated heterocycles. The summed E-state index contributed by atoms with van der Waals surface area (Å²) in [4.78, 5) is 34.2. The van der Waals surface area contributed by atoms with E-state index in [2.05, 4.69) is 25.6 Å². The Hall–Kier alpha value is -4.31. The summed E-state index contributed by atoms with van der Waals surface area (Å²) in [6, 6.07) is 10.1. The number of carbonyl (C=O) groups excluding carboxylic acids is 1. The van der Waals surface area contributed by atoms with Gasteiger partial charge in [-0.1, -0.05) is 11.3 Å². The summed E-state index contributed by atoms with van der Waals surface area (Å²) in [5, 5.41) is 10.6. The molecule has 5 aromatic rings. The summed E-state index contributed by atoms with van der Waals surface area (Å²) in [6.07, 6.45) is 1.58. The molecule has 2 aliphatic rings. The normalized spacial score (nSPS) is 17.9. The van der Waals surface area contributed by atoms with Crippen molar-refractivity contribution in [2.75, 3.05) is 69.7 Å². The average molecular weight is 622 g/mol. The number of anilines is 2. The summed E-state index contributed by atoms with van der Waals surface area (Å²) in [6.45, 7) is 6.07. The Labute approximate surface area is 255 Å². The zero-order valence-electron chi connectivity index (χ0n) is 23.9. The number of morpholine rings is 1. The number of furan rings is 1. The van der Waals surface area contributed by atoms with Gasteiger partial charge in [-0.05, 0) is 36.4 Å². The first-order valence-electron chi connectivity index (χ1n) is 14.5. The van der Waals surface area contributed by atoms with Crippen molar-refractivity contribution in [1.82, 2.24) is 34.7 Å². The fraction of sp³-hybridized carbons (Fsp3) is 0.379. The zero-order chi connectivity index (χ0) is 30.2. The third-order valence-corrected chi connectivity index (χ3v) is 9.08. The number of fused-ring (bicyclic) bond motifs is 3. The van der Waals surface area contributed by atoms with Crippen LogP contribution in [0.15, 0.2) is 51.9 Å². The van der Waals surface area contributed by atoms with Gasteiger partial charge in [0.05, 0.1) is 30.7 Å². The molecular weight excluding hydrogens is 589 g/mol. The molecule has 13 nitrogen and oxygen atoms in total. The Balaban J connectivity index is 0.975. The van der Waals surface area contributed by atoms with E-state index in [0.29, 0.717) is 92.0 Å². The standard InChI is InChI=1S/C29H32FN9O4S/c30-20-14-18(27(40)33-16-19-17-42-13-5-32-19)3-4-22(20)37-9-6-36(7-10-37)8-11-38-26-25(44-29(38)41)23-15-21(24-2-1-12-43-24)35-39(23)28(31)34-26/h1-4,12,14-15,19,32H,5-11,13,16-17H2,(H2,31,34)(H,33,40). The Kier molecular flexibility index (Phi) is 7.76. The maximum atomic E-state index is 15.1. The molecule has 1 atom stereocenters. The van der Waals surface area contributed by atoms with Crippen LogP contribution < -0.4 is 26.1 Å². The fourth-order valence-electron chi connectivity index (χ4n) is 5.72. The monoisotopic (exact) mass is 621 g/mol. The van der Waals surface area contributed by atoms with Crippen LogP contribution >= 0.6 is 11.3 Å². The molecule has 1 unspecified atom stereocenters. The van der Waals surface area contributed by atoms with Crippen molar-refractivity contribution in [1.29, 1.82) is 0 Å². The van der Waals surface area contributed by atoms with E-state index in [1.807, 2.05) is 17.0 Å². The van der Waals surface area contributed by atoms with Crippen LogP contribution in [-0.2, 0) is 11.3 Å². The molecule has 0 aliphatic carbocycles. The number of nitrogen functional groups attached to an aromatic ring is 1. The number of thiazole rings is 1. The number of amides is 1. The lowest BCUT2D eigenvalue weighted by Crippen LogP contribution is -2.48. The molecule has 0 bridgehead atoms. The highest BCUT2D eigenvalue weighted by atomic mass is 32.1. The van der Waals surface area contributed by atoms with Crippen LogP contribution in [0.5, 0.6) is 0 Å². The lowest BCUT2D eigenvalue weighted by molar-refractivity contribution is 0.0734. The molecule has 6 heterocycles. The van der Waals surface area contributed by atoms with Crippen LogP contribution in [0.4, 0.5) is 16.0 Å². The minimum Gasteiger partial charge on any atom is -0.463 e. The Morgan fingerprint density at radius 2 is 2.05 bits per heavy atom. The van der Waals surface area contributed by atoms with Gasteiger partial charge < -0.3 is 30.4 Å². The molecule has 230 valence electrons. The Bertz CT molecular complexity index is 1850. The van der Waals surface area contributed by atoms with E-state index >= 15 is 4.39 Å². The molecule has 2 aliphatic heterocycles. The van der Waals surface area contributed by atoms with Gasteiger partial charge in [0, 0.05) is 64.0 Å². The first kappa shape index (κ1) is 28.5. The smallest absolute Gasteiger partial charge is 0.309 e. The maximum absolute atomic E-state index is 15.1. The molecule has 2 fully saturated rings. The molecular formula is C29H32FN9O4S. The van der Waals surface area contributed by atoms with Gasteiger partial charge in [0.15, 0.2) is 11.4 Å². The highest BCUT2D eigenvalue weighted by Gasteiger charge is 2.23. The topological polar surface area (TPSA) is 148 Å². The number of hydrogen-bond acceptors (Lipinski definition) is 11. The molecule has 0 radical (unpaired) electrons. The summed E-state index contributed by atoms with van der Waals surface area (Å²) >= 11 is 1.12. The summed E-state index contributed by atoms with van der Waals surface area (Å²) in [5.41, 5.74) is 8.84. The Morgan fingerprint density at radius 3 is 2.80 bits per heavy atom. The van der Waals surface area contributed by atoms with Crippen LogP contribution in [-0.4, -0.2) is 95.0 Å². The average Bonchev–Trinajstić information content (AvgIpc) is 3.79. The van der Waals surface area contributed by atoms with Gasteiger partial charge in [-0.25, -0.2) is 4.39 Å². The second kappa shape index (κ2) is 12.0. The van der Waals surface area contributed by atoms with E-state index < -0.39 is 5.82 Å². The van der Waals surface area contributed by atoms with E-state index in [4.69, 9.17) is 14.9 Å². The van der Waals surface area contributed by atoms with E-state index in [1.54, 1.807) is 29.0 Å². The largest absolute Gasteiger partial charge is 0.463 e. The predicted molar refractivity (Wildman–Crippen MR) is 165 cm³/mol. The Morgan fingerprint density at radius 1 is 1.18 bits per heavy atom. The fourth-order valence-corrected chi connectivity index (χ4v) is 6.68. The minimum atomic E-state index is -0.424. The third-order valence-electron chi connectivity index (χ3n) is 8.09. The molecule has 44 heavy (non-hydrogen) atoms. The van der Waals surface area contributed by atoms with Crippen molar-refractivity contribution in [3.63, 3.8) is 0 Å². The minimum absolute atomic E-state index is 0.0495. The van der Waals surface area contributed by atoms with Crippen LogP contribution in [0.3, 0.4) is 0 Å². The number of carbonyl (C=O) groups is 1. The lowest BCUT2D eigenvalue weighted by Gasteiger charge is -2.36. The number of aromatic nitrogens is 4. The summed E-state index contributed by atoms with van der Waals surface area (Å²) in [5.74, 6) is 0.0532. The molecule has 4 N–H and O–H groups in total. The van der Waals surface area contributed by atoms with Crippen LogP contribution in [0, 0.1) is 5.82 Å². The molecule has 0 saturated carbocycles. The number of nitrogens with one attached hydrogen (secondary N) is 2. The molecule has 4 aromatic heterocycles. The molecule has 7 rings (SSSR count). The summed E-state index contributed by atoms with van der Waals surface area (Å²) in [7, 11) is 0. The van der Waals surface area contributed by atoms with E-state index in [0.717, 1.165) is 17.9 Å². The second-order valence-electron chi connectivity index (χ2n) is 10.9. The van der Waals surface area contributed by atoms with Crippen molar-refractivity contribution >= 4 is 44.7 Å². The van der Waals surface area contributed by atoms with E-state index in [-0.39, 0.29) is 28.3 Å². The zero-order valence-corrected chi connectivity index (χ0v) is 24.7. The second-order valence-corrected chi connectivity index (χ2v) is 11.8. The molecule has 15 heteroatoms. The van der Waals surface area contributed by atoms with Crippen molar-refractivity contribution in [3.05, 3.63) is 63.7 Å². The van der Waals surface area contributed by atoms with Crippen molar-refractivity contribution in [2.24, 2.45) is 0 Å². The number of halogens is 1. The highest BCUT2D eigenvalue weighted by Crippen LogP contribution is 2.28. The van der Waals surface area contributed by atoms with Crippen molar-refractivity contribution in [3.8, 4) is 11.5 Å². The van der Waals surface area contributed by atoms with Gasteiger partial charge in [-0.15, -0.1) is 0 Å². The van der Waals surface area contributed by atoms with Gasteiger partial charge in [-0.3, -0.25) is 19.1 Å². The van der Waals surface area contributed by atoms with Crippen molar-refractivity contribution < 1.29 is 18.3 Å². The van der Waals surface area contributed by atoms with Gasteiger partial charge in [0.1, 0.15) is 16.2 Å². The van der Waals surface area contributed by atoms with Gasteiger partial charge in [0.25, 0.3) is 5.91 Å². The first-order valence-corrected chi connectivity index (χ1v) is 15.3.